The summed E-state index contributed by atoms with van der Waals surface area (Å²) in [6, 6.07) is 10.2. The molecule has 0 aromatic heterocycles. The Hall–Kier alpha value is -1.68. The lowest BCUT2D eigenvalue weighted by Gasteiger charge is -2.18. The first-order chi connectivity index (χ1) is 10.5. The molecule has 0 spiro atoms. The van der Waals surface area contributed by atoms with Gasteiger partial charge in [-0.25, -0.2) is 0 Å². The van der Waals surface area contributed by atoms with Gasteiger partial charge >= 0.3 is 0 Å². The van der Waals surface area contributed by atoms with Crippen LogP contribution in [0.3, 0.4) is 0 Å². The van der Waals surface area contributed by atoms with Gasteiger partial charge in [-0.05, 0) is 42.5 Å². The predicted molar refractivity (Wildman–Crippen MR) is 90.0 cm³/mol. The number of amides is 1. The van der Waals surface area contributed by atoms with Crippen molar-refractivity contribution < 1.29 is 9.53 Å². The van der Waals surface area contributed by atoms with Gasteiger partial charge in [0.05, 0.1) is 15.6 Å². The molecular formula is C16H10Cl3NO2. The van der Waals surface area contributed by atoms with Crippen LogP contribution in [-0.2, 0) is 4.79 Å². The monoisotopic (exact) mass is 353 g/mol. The molecule has 2 aromatic rings. The zero-order chi connectivity index (χ0) is 15.7. The molecule has 112 valence electrons. The standard InChI is InChI=1S/C16H10Cl3NO2/c17-11-1-4-15-9(6-11)5-10(8-22-15)16(21)20-12-2-3-13(18)14(19)7-12/h1-7H,8H2,(H,20,21). The molecule has 0 radical (unpaired) electrons. The highest BCUT2D eigenvalue weighted by molar-refractivity contribution is 6.42. The summed E-state index contributed by atoms with van der Waals surface area (Å²) in [7, 11) is 0. The van der Waals surface area contributed by atoms with Crippen LogP contribution in [0.4, 0.5) is 5.69 Å². The van der Waals surface area contributed by atoms with E-state index >= 15 is 0 Å². The molecular weight excluding hydrogens is 345 g/mol. The largest absolute Gasteiger partial charge is 0.488 e. The van der Waals surface area contributed by atoms with Gasteiger partial charge in [-0.15, -0.1) is 0 Å². The van der Waals surface area contributed by atoms with Crippen LogP contribution in [0.15, 0.2) is 42.0 Å². The number of hydrogen-bond acceptors (Lipinski definition) is 2. The normalized spacial score (nSPS) is 13.0. The minimum atomic E-state index is -0.260. The fourth-order valence-corrected chi connectivity index (χ4v) is 2.54. The van der Waals surface area contributed by atoms with Gasteiger partial charge in [-0.1, -0.05) is 34.8 Å². The van der Waals surface area contributed by atoms with Crippen molar-refractivity contribution in [3.05, 3.63) is 62.6 Å². The number of carbonyl (C=O) groups is 1. The number of anilines is 1. The third kappa shape index (κ3) is 3.22. The molecule has 6 heteroatoms. The maximum Gasteiger partial charge on any atom is 0.255 e. The molecule has 1 aliphatic heterocycles. The Bertz CT molecular complexity index is 787. The fraction of sp³-hybridized carbons (Fsp3) is 0.0625. The first-order valence-corrected chi connectivity index (χ1v) is 7.55. The number of ether oxygens (including phenoxy) is 1. The van der Waals surface area contributed by atoms with Crippen molar-refractivity contribution in [1.29, 1.82) is 0 Å². The van der Waals surface area contributed by atoms with Gasteiger partial charge in [-0.3, -0.25) is 4.79 Å². The first kappa shape index (κ1) is 15.2. The summed E-state index contributed by atoms with van der Waals surface area (Å²) in [5.74, 6) is 0.444. The highest BCUT2D eigenvalue weighted by Gasteiger charge is 2.17. The molecule has 0 bridgehead atoms. The Morgan fingerprint density at radius 3 is 2.64 bits per heavy atom. The number of carbonyl (C=O) groups excluding carboxylic acids is 1. The third-order valence-electron chi connectivity index (χ3n) is 3.15. The van der Waals surface area contributed by atoms with E-state index in [-0.39, 0.29) is 12.5 Å². The van der Waals surface area contributed by atoms with Gasteiger partial charge < -0.3 is 10.1 Å². The summed E-state index contributed by atoms with van der Waals surface area (Å²) >= 11 is 17.7. The van der Waals surface area contributed by atoms with E-state index in [0.717, 1.165) is 5.56 Å². The van der Waals surface area contributed by atoms with E-state index in [1.54, 1.807) is 42.5 Å². The van der Waals surface area contributed by atoms with E-state index < -0.39 is 0 Å². The van der Waals surface area contributed by atoms with Gasteiger partial charge in [0.1, 0.15) is 12.4 Å². The molecule has 0 saturated carbocycles. The van der Waals surface area contributed by atoms with Gasteiger partial charge in [0.2, 0.25) is 0 Å². The first-order valence-electron chi connectivity index (χ1n) is 6.42. The topological polar surface area (TPSA) is 38.3 Å². The second-order valence-electron chi connectivity index (χ2n) is 4.72. The molecule has 1 N–H and O–H groups in total. The average Bonchev–Trinajstić information content (AvgIpc) is 2.50. The number of halogens is 3. The number of rotatable bonds is 2. The van der Waals surface area contributed by atoms with E-state index in [9.17, 15) is 4.79 Å². The van der Waals surface area contributed by atoms with E-state index in [2.05, 4.69) is 5.32 Å². The summed E-state index contributed by atoms with van der Waals surface area (Å²) in [6.45, 7) is 0.196. The van der Waals surface area contributed by atoms with Crippen molar-refractivity contribution in [3.63, 3.8) is 0 Å². The number of hydrogen-bond donors (Lipinski definition) is 1. The Morgan fingerprint density at radius 2 is 1.86 bits per heavy atom. The quantitative estimate of drug-likeness (QED) is 0.818. The van der Waals surface area contributed by atoms with Crippen LogP contribution in [0.5, 0.6) is 5.75 Å². The van der Waals surface area contributed by atoms with Gasteiger partial charge in [0.25, 0.3) is 5.91 Å². The molecule has 1 heterocycles. The second kappa shape index (κ2) is 6.21. The lowest BCUT2D eigenvalue weighted by Crippen LogP contribution is -2.21. The van der Waals surface area contributed by atoms with Crippen molar-refractivity contribution in [2.75, 3.05) is 11.9 Å². The van der Waals surface area contributed by atoms with Crippen LogP contribution in [0, 0.1) is 0 Å². The summed E-state index contributed by atoms with van der Waals surface area (Å²) in [5, 5.41) is 4.16. The van der Waals surface area contributed by atoms with Crippen LogP contribution >= 0.6 is 34.8 Å². The lowest BCUT2D eigenvalue weighted by atomic mass is 10.1. The summed E-state index contributed by atoms with van der Waals surface area (Å²) in [6.07, 6.45) is 1.76. The molecule has 22 heavy (non-hydrogen) atoms. The minimum Gasteiger partial charge on any atom is -0.488 e. The van der Waals surface area contributed by atoms with E-state index in [1.165, 1.54) is 0 Å². The molecule has 0 unspecified atom stereocenters. The van der Waals surface area contributed by atoms with Crippen LogP contribution in [-0.4, -0.2) is 12.5 Å². The van der Waals surface area contributed by atoms with E-state index in [1.807, 2.05) is 0 Å². The highest BCUT2D eigenvalue weighted by atomic mass is 35.5. The molecule has 3 rings (SSSR count). The highest BCUT2D eigenvalue weighted by Crippen LogP contribution is 2.30. The minimum absolute atomic E-state index is 0.196. The molecule has 0 atom stereocenters. The van der Waals surface area contributed by atoms with Crippen LogP contribution < -0.4 is 10.1 Å². The summed E-state index contributed by atoms with van der Waals surface area (Å²) in [4.78, 5) is 12.3. The van der Waals surface area contributed by atoms with Crippen molar-refractivity contribution in [2.45, 2.75) is 0 Å². The van der Waals surface area contributed by atoms with Gasteiger partial charge in [-0.2, -0.15) is 0 Å². The Labute approximate surface area is 142 Å². The average molecular weight is 355 g/mol. The Morgan fingerprint density at radius 1 is 1.05 bits per heavy atom. The predicted octanol–water partition coefficient (Wildman–Crippen LogP) is 5.06. The molecule has 0 fully saturated rings. The Balaban J connectivity index is 1.82. The number of nitrogens with one attached hydrogen (secondary N) is 1. The third-order valence-corrected chi connectivity index (χ3v) is 4.13. The molecule has 0 saturated heterocycles. The Kier molecular flexibility index (Phi) is 4.30. The molecule has 1 aliphatic rings. The van der Waals surface area contributed by atoms with Crippen molar-refractivity contribution in [1.82, 2.24) is 0 Å². The lowest BCUT2D eigenvalue weighted by molar-refractivity contribution is -0.113. The summed E-state index contributed by atoms with van der Waals surface area (Å²) < 4.78 is 5.56. The van der Waals surface area contributed by atoms with Crippen molar-refractivity contribution >= 4 is 52.5 Å². The maximum atomic E-state index is 12.3. The second-order valence-corrected chi connectivity index (χ2v) is 5.97. The maximum absolute atomic E-state index is 12.3. The van der Waals surface area contributed by atoms with Gasteiger partial charge in [0.15, 0.2) is 0 Å². The van der Waals surface area contributed by atoms with E-state index in [4.69, 9.17) is 39.5 Å². The van der Waals surface area contributed by atoms with Crippen LogP contribution in [0.2, 0.25) is 15.1 Å². The smallest absolute Gasteiger partial charge is 0.255 e. The van der Waals surface area contributed by atoms with Crippen LogP contribution in [0.1, 0.15) is 5.56 Å². The zero-order valence-electron chi connectivity index (χ0n) is 11.2. The van der Waals surface area contributed by atoms with Gasteiger partial charge in [0, 0.05) is 16.3 Å². The molecule has 1 amide bonds. The van der Waals surface area contributed by atoms with Crippen molar-refractivity contribution in [2.24, 2.45) is 0 Å². The fourth-order valence-electron chi connectivity index (χ4n) is 2.06. The molecule has 2 aromatic carbocycles. The number of fused-ring (bicyclic) bond motifs is 1. The molecule has 3 nitrogen and oxygen atoms in total. The summed E-state index contributed by atoms with van der Waals surface area (Å²) in [5.41, 5.74) is 1.84. The van der Waals surface area contributed by atoms with Crippen LogP contribution in [0.25, 0.3) is 6.08 Å². The SMILES string of the molecule is O=C(Nc1ccc(Cl)c(Cl)c1)C1=Cc2cc(Cl)ccc2OC1. The number of benzene rings is 2. The zero-order valence-corrected chi connectivity index (χ0v) is 13.5. The van der Waals surface area contributed by atoms with E-state index in [0.29, 0.717) is 32.1 Å². The van der Waals surface area contributed by atoms with Crippen molar-refractivity contribution in [3.8, 4) is 5.75 Å². The molecule has 0 aliphatic carbocycles.